The van der Waals surface area contributed by atoms with Gasteiger partial charge in [0.2, 0.25) is 0 Å². The number of aliphatic hydroxyl groups is 1. The van der Waals surface area contributed by atoms with Crippen LogP contribution in [0.2, 0.25) is 0 Å². The molecule has 752 valence electrons. The third-order valence-electron chi connectivity index (χ3n) is 25.1. The number of aryl methyl sites for hydroxylation is 4. The van der Waals surface area contributed by atoms with E-state index < -0.39 is 60.2 Å². The molecule has 2 unspecified atom stereocenters. The quantitative estimate of drug-likeness (QED) is 0.0214. The lowest BCUT2D eigenvalue weighted by Crippen LogP contribution is -2.34. The van der Waals surface area contributed by atoms with E-state index in [1.807, 2.05) is 62.5 Å². The van der Waals surface area contributed by atoms with Crippen molar-refractivity contribution < 1.29 is 91.2 Å². The lowest BCUT2D eigenvalue weighted by Gasteiger charge is -2.18. The number of alkyl halides is 2. The van der Waals surface area contributed by atoms with Crippen molar-refractivity contribution in [3.05, 3.63) is 356 Å². The Kier molecular flexibility index (Phi) is 33.1. The Hall–Kier alpha value is -16.6. The van der Waals surface area contributed by atoms with Crippen LogP contribution in [0.4, 0.5) is 22.0 Å². The molecule has 0 aliphatic carbocycles. The maximum absolute atomic E-state index is 13.9. The third kappa shape index (κ3) is 25.0. The van der Waals surface area contributed by atoms with Crippen molar-refractivity contribution in [2.45, 2.75) is 150 Å². The SMILES string of the molecule is CC(C)Cn1nc(Cc2cnccc2C(=O)O)c2cc(F)ccc21.CC(F)(F)C(O)Cn1nc(Cc2cnccc2C(=O)O)c2cc(F)ccc21.CCCn1nc(Cc2cnccc2C(=O)O)c2cc(C)ccc21.Cc1ccc2c(c1)c(Cc1cnccc1C(=O)O)nn2C1CCOC1.Cn1cc(Cc2cnccc2C(=O)O)c2cccnc21.O=C(O)c1ccncc1Cc1nn(CCN2CCCC2)c2ccc(F)cc12. The maximum Gasteiger partial charge on any atom is 0.336 e. The molecule has 38 heteroatoms. The number of fused-ring (bicyclic) bond motifs is 6. The number of nitrogens with zero attached hydrogens (tertiary/aromatic N) is 19. The van der Waals surface area contributed by atoms with Crippen molar-refractivity contribution in [3.8, 4) is 0 Å². The highest BCUT2D eigenvalue weighted by Gasteiger charge is 2.34. The van der Waals surface area contributed by atoms with Gasteiger partial charge < -0.3 is 49.9 Å². The average Bonchev–Trinajstić information content (AvgIpc) is 1.63. The zero-order valence-electron chi connectivity index (χ0n) is 80.9. The molecule has 0 bridgehead atoms. The number of hydrogen-bond acceptors (Lipinski definition) is 21. The number of aliphatic hydroxyl groups excluding tert-OH is 1. The number of benzene rings is 5. The minimum Gasteiger partial charge on any atom is -0.478 e. The summed E-state index contributed by atoms with van der Waals surface area (Å²) in [7, 11) is 1.93. The predicted molar refractivity (Wildman–Crippen MR) is 535 cm³/mol. The van der Waals surface area contributed by atoms with Gasteiger partial charge in [0.25, 0.3) is 5.92 Å². The Morgan fingerprint density at radius 2 is 0.767 bits per heavy atom. The van der Waals surface area contributed by atoms with E-state index in [-0.39, 0.29) is 51.9 Å². The van der Waals surface area contributed by atoms with Gasteiger partial charge in [0.1, 0.15) is 29.2 Å². The molecule has 2 fully saturated rings. The molecule has 7 N–H and O–H groups in total. The summed E-state index contributed by atoms with van der Waals surface area (Å²) in [5, 5.41) is 93.6. The molecule has 2 atom stereocenters. The van der Waals surface area contributed by atoms with Crippen LogP contribution in [0.3, 0.4) is 0 Å². The summed E-state index contributed by atoms with van der Waals surface area (Å²) in [4.78, 5) is 99.1. The number of carboxylic acid groups (broad SMARTS) is 6. The molecular formula is C108H106F5N19O14. The van der Waals surface area contributed by atoms with Crippen molar-refractivity contribution in [1.29, 1.82) is 0 Å². The number of halogens is 5. The van der Waals surface area contributed by atoms with Gasteiger partial charge in [-0.3, -0.25) is 53.3 Å². The third-order valence-corrected chi connectivity index (χ3v) is 25.1. The van der Waals surface area contributed by atoms with Gasteiger partial charge in [0.05, 0.1) is 115 Å². The molecule has 2 aliphatic rings. The number of rotatable bonds is 29. The van der Waals surface area contributed by atoms with Crippen LogP contribution in [0.25, 0.3) is 65.5 Å². The van der Waals surface area contributed by atoms with E-state index in [0.717, 1.165) is 130 Å². The molecule has 146 heavy (non-hydrogen) atoms. The van der Waals surface area contributed by atoms with Gasteiger partial charge in [-0.2, -0.15) is 25.5 Å². The minimum atomic E-state index is -3.34. The Bertz CT molecular complexity index is 7830. The first-order chi connectivity index (χ1) is 70.1. The molecule has 33 nitrogen and oxygen atoms in total. The van der Waals surface area contributed by atoms with Crippen molar-refractivity contribution >= 4 is 101 Å². The van der Waals surface area contributed by atoms with Gasteiger partial charge in [-0.1, -0.05) is 44.0 Å². The van der Waals surface area contributed by atoms with Gasteiger partial charge >= 0.3 is 35.8 Å². The zero-order chi connectivity index (χ0) is 104. The number of likely N-dealkylation sites (tertiary alicyclic amines) is 1. The fourth-order valence-corrected chi connectivity index (χ4v) is 17.9. The maximum atomic E-state index is 13.9. The van der Waals surface area contributed by atoms with Crippen molar-refractivity contribution in [3.63, 3.8) is 0 Å². The first kappa shape index (κ1) is 104. The summed E-state index contributed by atoms with van der Waals surface area (Å²) in [6, 6.07) is 38.5. The molecule has 2 aliphatic heterocycles. The van der Waals surface area contributed by atoms with Gasteiger partial charge in [0.15, 0.2) is 0 Å². The second-order valence-electron chi connectivity index (χ2n) is 36.2. The fraction of sp³-hybridized carbons (Fsp3) is 0.278. The molecule has 0 amide bonds. The van der Waals surface area contributed by atoms with Gasteiger partial charge in [-0.15, -0.1) is 0 Å². The molecule has 0 radical (unpaired) electrons. The number of aromatic carboxylic acids is 6. The number of carboxylic acids is 6. The number of ether oxygens (including phenoxy) is 1. The van der Waals surface area contributed by atoms with Crippen LogP contribution in [-0.2, 0) is 76.5 Å². The monoisotopic (exact) mass is 1990 g/mol. The molecule has 15 heterocycles. The molecular weight excluding hydrogens is 1880 g/mol. The Morgan fingerprint density at radius 1 is 0.418 bits per heavy atom. The van der Waals surface area contributed by atoms with Crippen molar-refractivity contribution in [2.75, 3.05) is 32.8 Å². The normalized spacial score (nSPS) is 13.2. The molecule has 0 saturated carbocycles. The second-order valence-corrected chi connectivity index (χ2v) is 36.2. The van der Waals surface area contributed by atoms with E-state index in [2.05, 4.69) is 112 Å². The smallest absolute Gasteiger partial charge is 0.336 e. The summed E-state index contributed by atoms with van der Waals surface area (Å²) in [6.07, 6.45) is 26.2. The van der Waals surface area contributed by atoms with Gasteiger partial charge in [0, 0.05) is 198 Å². The van der Waals surface area contributed by atoms with Crippen LogP contribution < -0.4 is 0 Å². The lowest BCUT2D eigenvalue weighted by atomic mass is 10.0. The second kappa shape index (κ2) is 46.6. The summed E-state index contributed by atoms with van der Waals surface area (Å²) in [6.45, 7) is 17.3. The highest BCUT2D eigenvalue weighted by atomic mass is 19.3. The molecule has 20 rings (SSSR count). The topological polar surface area (TPSA) is 441 Å². The average molecular weight is 1990 g/mol. The summed E-state index contributed by atoms with van der Waals surface area (Å²) in [5.74, 6) is -10.1. The van der Waals surface area contributed by atoms with Crippen LogP contribution in [-0.4, -0.2) is 210 Å². The van der Waals surface area contributed by atoms with E-state index in [1.54, 1.807) is 36.9 Å². The Morgan fingerprint density at radius 3 is 1.14 bits per heavy atom. The highest BCUT2D eigenvalue weighted by Crippen LogP contribution is 2.34. The lowest BCUT2D eigenvalue weighted by molar-refractivity contribution is -0.0998. The molecule has 18 aromatic rings. The number of hydrogen-bond donors (Lipinski definition) is 7. The largest absolute Gasteiger partial charge is 0.478 e. The molecule has 5 aromatic carbocycles. The van der Waals surface area contributed by atoms with E-state index in [1.165, 1.54) is 152 Å². The summed E-state index contributed by atoms with van der Waals surface area (Å²) < 4.78 is 84.3. The first-order valence-electron chi connectivity index (χ1n) is 47.2. The number of aromatic nitrogens is 18. The van der Waals surface area contributed by atoms with Crippen LogP contribution in [0.5, 0.6) is 0 Å². The van der Waals surface area contributed by atoms with Crippen LogP contribution >= 0.6 is 0 Å². The zero-order valence-corrected chi connectivity index (χ0v) is 80.9. The van der Waals surface area contributed by atoms with Crippen molar-refractivity contribution in [2.24, 2.45) is 13.0 Å². The predicted octanol–water partition coefficient (Wildman–Crippen LogP) is 18.0. The standard InChI is InChI=1S/C20H21FN4O2.C19H19N3O3.C18H16F3N3O3.C18H18FN3O2.C18H19N3O2.C15H13N3O2/c21-15-3-4-19-17(12-15)18(11-14-13-22-6-5-16(14)20(26)27)23-25(19)10-9-24-7-1-2-8-24;1-12-2-3-18-16(8-12)17(21-22(18)14-5-7-25-11-14)9-13-10-20-6-4-15(13)19(23)24;1-18(20,21)16(25)9-24-15-3-2-11(19)7-13(15)14(23-24)6-10-8-22-5-4-12(10)17(26)27;1-11(2)10-22-17-4-3-13(19)8-15(17)16(21-22)7-12-9-20-6-5-14(12)18(23)24;1-3-8-21-17-5-4-12(2)9-15(17)16(20-21)10-13-11-19-7-6-14(13)18(22)23;1-18-9-11(12-3-2-5-17-14(12)18)7-10-8-16-6-4-13(10)15(19)20/h3-6,12-13H,1-2,7-11H2,(H,26,27);2-4,6,8,10,14H,5,7,9,11H2,1H3,(H,23,24);2-5,7-8,16,25H,6,9H2,1H3,(H,26,27);3-6,8-9,11H,7,10H2,1-2H3,(H,23,24);4-7,9,11H,3,8,10H2,1-2H3,(H,22,23);2-6,8-9H,7H2,1H3,(H,19,20). The summed E-state index contributed by atoms with van der Waals surface area (Å²) >= 11 is 0. The number of carbonyl (C=O) groups is 6. The molecule has 2 saturated heterocycles. The Labute approximate surface area is 833 Å². The van der Waals surface area contributed by atoms with Gasteiger partial charge in [-0.05, 0) is 225 Å². The van der Waals surface area contributed by atoms with Crippen LogP contribution in [0, 0.1) is 37.2 Å². The van der Waals surface area contributed by atoms with E-state index >= 15 is 0 Å². The van der Waals surface area contributed by atoms with E-state index in [0.29, 0.717) is 130 Å². The van der Waals surface area contributed by atoms with Gasteiger partial charge in [-0.25, -0.2) is 55.7 Å². The van der Waals surface area contributed by atoms with E-state index in [4.69, 9.17) is 14.9 Å². The Balaban J connectivity index is 0.000000132. The highest BCUT2D eigenvalue weighted by molar-refractivity contribution is 5.95. The summed E-state index contributed by atoms with van der Waals surface area (Å²) in [5.41, 5.74) is 16.7. The van der Waals surface area contributed by atoms with E-state index in [9.17, 15) is 86.5 Å². The molecule has 0 spiro atoms. The fourth-order valence-electron chi connectivity index (χ4n) is 17.9. The van der Waals surface area contributed by atoms with Crippen molar-refractivity contribution in [1.82, 2.24) is 93.3 Å². The van der Waals surface area contributed by atoms with Crippen LogP contribution in [0.1, 0.15) is 200 Å². The molecule has 13 aromatic heterocycles. The van der Waals surface area contributed by atoms with Crippen LogP contribution in [0.15, 0.2) is 226 Å². The number of pyridine rings is 7. The minimum absolute atomic E-state index is 0.0149. The first-order valence-corrected chi connectivity index (χ1v) is 47.2.